The average molecular weight is 352 g/mol. The summed E-state index contributed by atoms with van der Waals surface area (Å²) in [5, 5.41) is 4.81. The van der Waals surface area contributed by atoms with Gasteiger partial charge in [0.1, 0.15) is 17.3 Å². The van der Waals surface area contributed by atoms with Gasteiger partial charge in [0.05, 0.1) is 23.9 Å². The zero-order valence-corrected chi connectivity index (χ0v) is 15.3. The number of quaternary nitrogens is 1. The van der Waals surface area contributed by atoms with Crippen LogP contribution in [0.15, 0.2) is 42.5 Å². The average Bonchev–Trinajstić information content (AvgIpc) is 3.18. The van der Waals surface area contributed by atoms with Gasteiger partial charge < -0.3 is 15.0 Å². The minimum Gasteiger partial charge on any atom is -0.497 e. The van der Waals surface area contributed by atoms with Crippen molar-refractivity contribution in [3.8, 4) is 5.75 Å². The van der Waals surface area contributed by atoms with Crippen LogP contribution in [0.3, 0.4) is 0 Å². The number of para-hydroxylation sites is 1. The van der Waals surface area contributed by atoms with Gasteiger partial charge in [-0.25, -0.2) is 4.98 Å². The van der Waals surface area contributed by atoms with Crippen molar-refractivity contribution in [2.75, 3.05) is 13.7 Å². The molecule has 128 valence electrons. The third-order valence-electron chi connectivity index (χ3n) is 4.58. The predicted molar refractivity (Wildman–Crippen MR) is 103 cm³/mol. The van der Waals surface area contributed by atoms with E-state index in [1.54, 1.807) is 18.4 Å². The second-order valence-corrected chi connectivity index (χ2v) is 7.36. The number of aromatic nitrogens is 2. The van der Waals surface area contributed by atoms with Crippen LogP contribution in [0.25, 0.3) is 21.1 Å². The van der Waals surface area contributed by atoms with Crippen molar-refractivity contribution >= 4 is 32.5 Å². The maximum atomic E-state index is 5.37. The van der Waals surface area contributed by atoms with Gasteiger partial charge in [0.25, 0.3) is 0 Å². The molecule has 2 heterocycles. The lowest BCUT2D eigenvalue weighted by atomic mass is 10.1. The van der Waals surface area contributed by atoms with Crippen LogP contribution in [0.1, 0.15) is 16.3 Å². The Labute approximate surface area is 150 Å². The number of nitrogens with zero attached hydrogens (tertiary/aromatic N) is 1. The standard InChI is InChI=1S/C20H21N3OS/c1-13-15(16-11-14(24-2)7-8-17(16)22-13)9-10-21-12-20-23-18-5-3-4-6-19(18)25-20/h3-8,11,21-22H,9-10,12H2,1-2H3/p+1. The van der Waals surface area contributed by atoms with E-state index in [-0.39, 0.29) is 0 Å². The van der Waals surface area contributed by atoms with E-state index >= 15 is 0 Å². The van der Waals surface area contributed by atoms with Gasteiger partial charge in [-0.2, -0.15) is 0 Å². The molecule has 0 aliphatic carbocycles. The van der Waals surface area contributed by atoms with E-state index < -0.39 is 0 Å². The van der Waals surface area contributed by atoms with Gasteiger partial charge >= 0.3 is 0 Å². The lowest BCUT2D eigenvalue weighted by Crippen LogP contribution is -2.83. The number of methoxy groups -OCH3 is 1. The van der Waals surface area contributed by atoms with Crippen molar-refractivity contribution in [1.29, 1.82) is 0 Å². The van der Waals surface area contributed by atoms with E-state index in [1.165, 1.54) is 31.9 Å². The number of hydrogen-bond acceptors (Lipinski definition) is 3. The van der Waals surface area contributed by atoms with Crippen molar-refractivity contribution in [2.45, 2.75) is 19.9 Å². The number of benzene rings is 2. The monoisotopic (exact) mass is 352 g/mol. The lowest BCUT2D eigenvalue weighted by molar-refractivity contribution is -0.670. The number of nitrogens with one attached hydrogen (secondary N) is 1. The highest BCUT2D eigenvalue weighted by molar-refractivity contribution is 7.18. The summed E-state index contributed by atoms with van der Waals surface area (Å²) in [7, 11) is 1.71. The lowest BCUT2D eigenvalue weighted by Gasteiger charge is -2.03. The molecule has 0 radical (unpaired) electrons. The molecule has 0 fully saturated rings. The van der Waals surface area contributed by atoms with Gasteiger partial charge in [0.15, 0.2) is 0 Å². The third kappa shape index (κ3) is 3.25. The molecule has 0 saturated carbocycles. The van der Waals surface area contributed by atoms with Crippen LogP contribution in [0.4, 0.5) is 0 Å². The zero-order valence-electron chi connectivity index (χ0n) is 14.5. The van der Waals surface area contributed by atoms with E-state index in [0.717, 1.165) is 30.8 Å². The molecule has 0 saturated heterocycles. The zero-order chi connectivity index (χ0) is 17.2. The van der Waals surface area contributed by atoms with E-state index in [1.807, 2.05) is 12.1 Å². The first-order chi connectivity index (χ1) is 12.2. The third-order valence-corrected chi connectivity index (χ3v) is 5.64. The molecule has 2 aromatic heterocycles. The van der Waals surface area contributed by atoms with E-state index in [0.29, 0.717) is 0 Å². The van der Waals surface area contributed by atoms with E-state index in [9.17, 15) is 0 Å². The minimum absolute atomic E-state index is 0.909. The summed E-state index contributed by atoms with van der Waals surface area (Å²) >= 11 is 1.79. The Morgan fingerprint density at radius 2 is 2.08 bits per heavy atom. The summed E-state index contributed by atoms with van der Waals surface area (Å²) in [6.45, 7) is 4.13. The molecule has 4 nitrogen and oxygen atoms in total. The van der Waals surface area contributed by atoms with E-state index in [2.05, 4.69) is 47.6 Å². The molecule has 0 aliphatic rings. The van der Waals surface area contributed by atoms with Crippen LogP contribution in [0.5, 0.6) is 5.75 Å². The van der Waals surface area contributed by atoms with Crippen molar-refractivity contribution in [3.05, 3.63) is 58.7 Å². The maximum absolute atomic E-state index is 5.37. The van der Waals surface area contributed by atoms with Gasteiger partial charge in [-0.05, 0) is 42.8 Å². The Hall–Kier alpha value is -2.37. The fourth-order valence-corrected chi connectivity index (χ4v) is 4.25. The number of hydrogen-bond donors (Lipinski definition) is 2. The molecule has 25 heavy (non-hydrogen) atoms. The van der Waals surface area contributed by atoms with E-state index in [4.69, 9.17) is 9.72 Å². The minimum atomic E-state index is 0.909. The summed E-state index contributed by atoms with van der Waals surface area (Å²) in [4.78, 5) is 8.18. The number of aryl methyl sites for hydroxylation is 1. The topological polar surface area (TPSA) is 54.5 Å². The van der Waals surface area contributed by atoms with Crippen molar-refractivity contribution < 1.29 is 10.1 Å². The fourth-order valence-electron chi connectivity index (χ4n) is 3.29. The fraction of sp³-hybridized carbons (Fsp3) is 0.250. The Bertz CT molecular complexity index is 985. The quantitative estimate of drug-likeness (QED) is 0.523. The highest BCUT2D eigenvalue weighted by atomic mass is 32.1. The van der Waals surface area contributed by atoms with Crippen LogP contribution >= 0.6 is 11.3 Å². The molecule has 0 bridgehead atoms. The smallest absolute Gasteiger partial charge is 0.148 e. The number of fused-ring (bicyclic) bond motifs is 2. The van der Waals surface area contributed by atoms with Gasteiger partial charge in [-0.1, -0.05) is 12.1 Å². The van der Waals surface area contributed by atoms with Crippen LogP contribution in [-0.4, -0.2) is 23.6 Å². The number of H-pyrrole nitrogens is 1. The molecular weight excluding hydrogens is 330 g/mol. The summed E-state index contributed by atoms with van der Waals surface area (Å²) < 4.78 is 6.64. The van der Waals surface area contributed by atoms with Gasteiger partial charge in [-0.3, -0.25) is 0 Å². The second kappa shape index (κ2) is 6.86. The molecule has 3 N–H and O–H groups in total. The first-order valence-corrected chi connectivity index (χ1v) is 9.37. The SMILES string of the molecule is COc1ccc2[nH]c(C)c(CC[NH2+]Cc3nc4ccccc4s3)c2c1. The number of aromatic amines is 1. The Morgan fingerprint density at radius 1 is 1.20 bits per heavy atom. The summed E-state index contributed by atoms with van der Waals surface area (Å²) in [5.41, 5.74) is 4.92. The predicted octanol–water partition coefficient (Wildman–Crippen LogP) is 3.40. The molecule has 0 atom stereocenters. The maximum Gasteiger partial charge on any atom is 0.148 e. The van der Waals surface area contributed by atoms with Crippen LogP contribution < -0.4 is 10.1 Å². The second-order valence-electron chi connectivity index (χ2n) is 6.25. The molecule has 0 unspecified atom stereocenters. The molecule has 4 rings (SSSR count). The number of nitrogens with two attached hydrogens (primary N) is 1. The molecule has 0 amide bonds. The highest BCUT2D eigenvalue weighted by Crippen LogP contribution is 2.26. The van der Waals surface area contributed by atoms with Gasteiger partial charge in [0.2, 0.25) is 0 Å². The first-order valence-electron chi connectivity index (χ1n) is 8.56. The molecule has 0 spiro atoms. The Morgan fingerprint density at radius 3 is 2.92 bits per heavy atom. The number of rotatable bonds is 6. The Kier molecular flexibility index (Phi) is 4.42. The van der Waals surface area contributed by atoms with Crippen molar-refractivity contribution in [2.24, 2.45) is 0 Å². The van der Waals surface area contributed by atoms with Crippen LogP contribution in [0.2, 0.25) is 0 Å². The Balaban J connectivity index is 1.42. The number of thiazole rings is 1. The van der Waals surface area contributed by atoms with Crippen LogP contribution in [0, 0.1) is 6.92 Å². The van der Waals surface area contributed by atoms with Crippen LogP contribution in [-0.2, 0) is 13.0 Å². The summed E-state index contributed by atoms with van der Waals surface area (Å²) in [5.74, 6) is 0.909. The van der Waals surface area contributed by atoms with Crippen molar-refractivity contribution in [1.82, 2.24) is 9.97 Å². The van der Waals surface area contributed by atoms with Crippen molar-refractivity contribution in [3.63, 3.8) is 0 Å². The molecule has 5 heteroatoms. The van der Waals surface area contributed by atoms with Gasteiger partial charge in [-0.15, -0.1) is 11.3 Å². The molecular formula is C20H22N3OS+. The number of ether oxygens (including phenoxy) is 1. The molecule has 0 aliphatic heterocycles. The highest BCUT2D eigenvalue weighted by Gasteiger charge is 2.11. The largest absolute Gasteiger partial charge is 0.497 e. The molecule has 2 aromatic carbocycles. The summed E-state index contributed by atoms with van der Waals surface area (Å²) in [6, 6.07) is 14.6. The summed E-state index contributed by atoms with van der Waals surface area (Å²) in [6.07, 6.45) is 1.03. The normalized spacial score (nSPS) is 11.4. The first kappa shape index (κ1) is 16.1. The molecule has 4 aromatic rings. The van der Waals surface area contributed by atoms with Gasteiger partial charge in [0, 0.05) is 23.0 Å².